The van der Waals surface area contributed by atoms with E-state index in [9.17, 15) is 14.0 Å². The first-order chi connectivity index (χ1) is 13.0. The van der Waals surface area contributed by atoms with Crippen molar-refractivity contribution in [1.82, 2.24) is 15.1 Å². The molecule has 3 rings (SSSR count). The second kappa shape index (κ2) is 9.17. The van der Waals surface area contributed by atoms with Crippen LogP contribution >= 0.6 is 0 Å². The number of benzene rings is 1. The molecule has 148 valence electrons. The number of piperazine rings is 1. The number of hydrogen-bond donors (Lipinski definition) is 1. The van der Waals surface area contributed by atoms with Gasteiger partial charge in [0.15, 0.2) is 0 Å². The lowest BCUT2D eigenvalue weighted by Gasteiger charge is -2.37. The zero-order chi connectivity index (χ0) is 19.2. The van der Waals surface area contributed by atoms with E-state index in [2.05, 4.69) is 10.2 Å². The van der Waals surface area contributed by atoms with Gasteiger partial charge in [0.25, 0.3) is 0 Å². The number of nitrogens with one attached hydrogen (secondary N) is 1. The van der Waals surface area contributed by atoms with Crippen LogP contribution in [0, 0.1) is 5.82 Å². The van der Waals surface area contributed by atoms with Crippen molar-refractivity contribution in [3.63, 3.8) is 0 Å². The zero-order valence-corrected chi connectivity index (χ0v) is 15.8. The van der Waals surface area contributed by atoms with Crippen molar-refractivity contribution in [3.8, 4) is 5.75 Å². The second-order valence-electron chi connectivity index (χ2n) is 7.28. The molecule has 2 aliphatic rings. The second-order valence-corrected chi connectivity index (χ2v) is 7.28. The summed E-state index contributed by atoms with van der Waals surface area (Å²) in [6.07, 6.45) is 3.23. The minimum absolute atomic E-state index is 0.0928. The molecule has 1 saturated heterocycles. The summed E-state index contributed by atoms with van der Waals surface area (Å²) in [6, 6.07) is 6.10. The Bertz CT molecular complexity index is 640. The van der Waals surface area contributed by atoms with Crippen LogP contribution in [0.25, 0.3) is 0 Å². The zero-order valence-electron chi connectivity index (χ0n) is 15.8. The summed E-state index contributed by atoms with van der Waals surface area (Å²) in [7, 11) is 0. The standard InChI is InChI=1S/C20H28FN3O3/c1-15(20(26)22-17-6-7-17)23-10-12-24(13-11-23)19(25)3-2-14-27-18-8-4-16(21)5-9-18/h4-5,8-9,15,17H,2-3,6-7,10-14H2,1H3,(H,22,26). The van der Waals surface area contributed by atoms with Gasteiger partial charge in [0, 0.05) is 38.6 Å². The van der Waals surface area contributed by atoms with Gasteiger partial charge in [0.1, 0.15) is 11.6 Å². The fourth-order valence-electron chi connectivity index (χ4n) is 3.18. The Hall–Kier alpha value is -2.15. The van der Waals surface area contributed by atoms with Crippen LogP contribution in [-0.4, -0.2) is 66.5 Å². The summed E-state index contributed by atoms with van der Waals surface area (Å²) in [5, 5.41) is 3.04. The lowest BCUT2D eigenvalue weighted by atomic mass is 10.2. The normalized spacial score (nSPS) is 18.8. The number of carbonyl (C=O) groups is 2. The van der Waals surface area contributed by atoms with Crippen molar-refractivity contribution in [1.29, 1.82) is 0 Å². The third kappa shape index (κ3) is 5.92. The smallest absolute Gasteiger partial charge is 0.237 e. The van der Waals surface area contributed by atoms with Crippen molar-refractivity contribution in [2.24, 2.45) is 0 Å². The molecule has 1 saturated carbocycles. The van der Waals surface area contributed by atoms with Crippen LogP contribution in [0.1, 0.15) is 32.6 Å². The Kier molecular flexibility index (Phi) is 6.66. The first-order valence-corrected chi connectivity index (χ1v) is 9.73. The SMILES string of the molecule is CC(C(=O)NC1CC1)N1CCN(C(=O)CCCOc2ccc(F)cc2)CC1. The summed E-state index contributed by atoms with van der Waals surface area (Å²) in [5.74, 6) is 0.523. The summed E-state index contributed by atoms with van der Waals surface area (Å²) in [5.41, 5.74) is 0. The lowest BCUT2D eigenvalue weighted by Crippen LogP contribution is -2.55. The Morgan fingerprint density at radius 1 is 1.19 bits per heavy atom. The van der Waals surface area contributed by atoms with Crippen LogP contribution in [0.5, 0.6) is 5.75 Å². The molecular weight excluding hydrogens is 349 g/mol. The van der Waals surface area contributed by atoms with Crippen LogP contribution in [-0.2, 0) is 9.59 Å². The average molecular weight is 377 g/mol. The topological polar surface area (TPSA) is 61.9 Å². The Balaban J connectivity index is 1.32. The molecular formula is C20H28FN3O3. The van der Waals surface area contributed by atoms with Crippen molar-refractivity contribution < 1.29 is 18.7 Å². The summed E-state index contributed by atoms with van der Waals surface area (Å²) >= 11 is 0. The van der Waals surface area contributed by atoms with Gasteiger partial charge >= 0.3 is 0 Å². The van der Waals surface area contributed by atoms with E-state index >= 15 is 0 Å². The molecule has 1 aliphatic heterocycles. The molecule has 1 aromatic rings. The number of nitrogens with zero attached hydrogens (tertiary/aromatic N) is 2. The fraction of sp³-hybridized carbons (Fsp3) is 0.600. The van der Waals surface area contributed by atoms with E-state index in [1.807, 2.05) is 11.8 Å². The molecule has 1 N–H and O–H groups in total. The van der Waals surface area contributed by atoms with E-state index in [-0.39, 0.29) is 23.7 Å². The van der Waals surface area contributed by atoms with E-state index in [4.69, 9.17) is 4.74 Å². The molecule has 2 amide bonds. The molecule has 2 fully saturated rings. The summed E-state index contributed by atoms with van der Waals surface area (Å²) in [4.78, 5) is 28.5. The molecule has 27 heavy (non-hydrogen) atoms. The van der Waals surface area contributed by atoms with Crippen LogP contribution in [0.15, 0.2) is 24.3 Å². The first-order valence-electron chi connectivity index (χ1n) is 9.73. The number of hydrogen-bond acceptors (Lipinski definition) is 4. The molecule has 1 heterocycles. The van der Waals surface area contributed by atoms with Gasteiger partial charge in [-0.2, -0.15) is 0 Å². The number of amides is 2. The first kappa shape index (κ1) is 19.6. The largest absolute Gasteiger partial charge is 0.494 e. The maximum atomic E-state index is 12.8. The van der Waals surface area contributed by atoms with E-state index in [0.29, 0.717) is 44.3 Å². The highest BCUT2D eigenvalue weighted by atomic mass is 19.1. The molecule has 1 aliphatic carbocycles. The third-order valence-corrected chi connectivity index (χ3v) is 5.14. The van der Waals surface area contributed by atoms with Crippen LogP contribution in [0.3, 0.4) is 0 Å². The molecule has 0 aromatic heterocycles. The average Bonchev–Trinajstić information content (AvgIpc) is 3.50. The molecule has 1 atom stereocenters. The predicted octanol–water partition coefficient (Wildman–Crippen LogP) is 1.80. The molecule has 1 aromatic carbocycles. The molecule has 7 heteroatoms. The Labute approximate surface area is 159 Å². The Morgan fingerprint density at radius 3 is 2.48 bits per heavy atom. The summed E-state index contributed by atoms with van der Waals surface area (Å²) in [6.45, 7) is 5.10. The number of ether oxygens (including phenoxy) is 1. The number of halogens is 1. The van der Waals surface area contributed by atoms with Gasteiger partial charge < -0.3 is 15.0 Å². The van der Waals surface area contributed by atoms with Gasteiger partial charge in [-0.1, -0.05) is 0 Å². The molecule has 0 bridgehead atoms. The van der Waals surface area contributed by atoms with Gasteiger partial charge in [-0.15, -0.1) is 0 Å². The van der Waals surface area contributed by atoms with Crippen molar-refractivity contribution >= 4 is 11.8 Å². The van der Waals surface area contributed by atoms with Gasteiger partial charge in [0.2, 0.25) is 11.8 Å². The highest BCUT2D eigenvalue weighted by Gasteiger charge is 2.30. The minimum atomic E-state index is -0.295. The number of rotatable bonds is 8. The van der Waals surface area contributed by atoms with Gasteiger partial charge in [-0.05, 0) is 50.5 Å². The van der Waals surface area contributed by atoms with Gasteiger partial charge in [-0.25, -0.2) is 4.39 Å². The highest BCUT2D eigenvalue weighted by Crippen LogP contribution is 2.19. The van der Waals surface area contributed by atoms with Crippen LogP contribution in [0.4, 0.5) is 4.39 Å². The van der Waals surface area contributed by atoms with Crippen molar-refractivity contribution in [2.45, 2.75) is 44.7 Å². The molecule has 6 nitrogen and oxygen atoms in total. The van der Waals surface area contributed by atoms with Gasteiger partial charge in [0.05, 0.1) is 12.6 Å². The maximum absolute atomic E-state index is 12.8. The summed E-state index contributed by atoms with van der Waals surface area (Å²) < 4.78 is 18.4. The lowest BCUT2D eigenvalue weighted by molar-refractivity contribution is -0.134. The molecule has 0 radical (unpaired) electrons. The van der Waals surface area contributed by atoms with Crippen molar-refractivity contribution in [2.75, 3.05) is 32.8 Å². The quantitative estimate of drug-likeness (QED) is 0.702. The van der Waals surface area contributed by atoms with E-state index in [0.717, 1.165) is 25.9 Å². The maximum Gasteiger partial charge on any atom is 0.237 e. The predicted molar refractivity (Wildman–Crippen MR) is 99.9 cm³/mol. The van der Waals surface area contributed by atoms with E-state index < -0.39 is 0 Å². The van der Waals surface area contributed by atoms with Crippen LogP contribution in [0.2, 0.25) is 0 Å². The Morgan fingerprint density at radius 2 is 1.85 bits per heavy atom. The van der Waals surface area contributed by atoms with E-state index in [1.54, 1.807) is 12.1 Å². The third-order valence-electron chi connectivity index (χ3n) is 5.14. The van der Waals surface area contributed by atoms with Gasteiger partial charge in [-0.3, -0.25) is 14.5 Å². The fourth-order valence-corrected chi connectivity index (χ4v) is 3.18. The van der Waals surface area contributed by atoms with Crippen molar-refractivity contribution in [3.05, 3.63) is 30.1 Å². The van der Waals surface area contributed by atoms with E-state index in [1.165, 1.54) is 12.1 Å². The molecule has 0 spiro atoms. The monoisotopic (exact) mass is 377 g/mol. The van der Waals surface area contributed by atoms with Crippen LogP contribution < -0.4 is 10.1 Å². The minimum Gasteiger partial charge on any atom is -0.494 e. The molecule has 1 unspecified atom stereocenters. The number of carbonyl (C=O) groups excluding carboxylic acids is 2. The highest BCUT2D eigenvalue weighted by molar-refractivity contribution is 5.82.